The largest absolute Gasteiger partial charge is 0.481 e. The lowest BCUT2D eigenvalue weighted by atomic mass is 9.67. The molecule has 0 radical (unpaired) electrons. The minimum Gasteiger partial charge on any atom is -0.481 e. The second-order valence-electron chi connectivity index (χ2n) is 5.08. The number of carboxylic acid groups (broad SMARTS) is 1. The lowest BCUT2D eigenvalue weighted by Crippen LogP contribution is -2.28. The van der Waals surface area contributed by atoms with Crippen LogP contribution in [0.1, 0.15) is 51.4 Å². The van der Waals surface area contributed by atoms with Gasteiger partial charge in [0.25, 0.3) is 0 Å². The smallest absolute Gasteiger partial charge is 0.303 e. The maximum Gasteiger partial charge on any atom is 0.303 e. The van der Waals surface area contributed by atoms with Gasteiger partial charge in [-0.3, -0.25) is 4.79 Å². The van der Waals surface area contributed by atoms with Gasteiger partial charge in [-0.15, -0.1) is 0 Å². The number of carbonyl (C=O) groups is 1. The van der Waals surface area contributed by atoms with Crippen LogP contribution >= 0.6 is 0 Å². The summed E-state index contributed by atoms with van der Waals surface area (Å²) in [6.45, 7) is 0. The monoisotopic (exact) mass is 196 g/mol. The summed E-state index contributed by atoms with van der Waals surface area (Å²) in [6, 6.07) is 0. The quantitative estimate of drug-likeness (QED) is 0.737. The summed E-state index contributed by atoms with van der Waals surface area (Å²) in [5, 5.41) is 8.76. The van der Waals surface area contributed by atoms with Gasteiger partial charge in [0.05, 0.1) is 0 Å². The van der Waals surface area contributed by atoms with E-state index in [0.717, 1.165) is 18.3 Å². The minimum atomic E-state index is -0.607. The van der Waals surface area contributed by atoms with Crippen molar-refractivity contribution in [3.05, 3.63) is 0 Å². The van der Waals surface area contributed by atoms with E-state index in [1.807, 2.05) is 0 Å². The molecule has 2 fully saturated rings. The van der Waals surface area contributed by atoms with Crippen molar-refractivity contribution in [3.8, 4) is 0 Å². The zero-order valence-electron chi connectivity index (χ0n) is 8.74. The SMILES string of the molecule is O=C(O)C[C@H]1CC[C@H]2CCCC[C@@H]2C1. The zero-order valence-corrected chi connectivity index (χ0v) is 8.74. The van der Waals surface area contributed by atoms with Gasteiger partial charge in [0.2, 0.25) is 0 Å². The third-order valence-electron chi connectivity index (χ3n) is 4.11. The van der Waals surface area contributed by atoms with Gasteiger partial charge >= 0.3 is 5.97 Å². The Balaban J connectivity index is 1.86. The summed E-state index contributed by atoms with van der Waals surface area (Å²) < 4.78 is 0. The van der Waals surface area contributed by atoms with Crippen LogP contribution in [-0.2, 0) is 4.79 Å². The molecule has 0 spiro atoms. The number of aliphatic carboxylic acids is 1. The molecule has 3 atom stereocenters. The van der Waals surface area contributed by atoms with Crippen molar-refractivity contribution in [1.29, 1.82) is 0 Å². The second kappa shape index (κ2) is 4.33. The molecule has 2 nitrogen and oxygen atoms in total. The Morgan fingerprint density at radius 1 is 1.07 bits per heavy atom. The summed E-state index contributed by atoms with van der Waals surface area (Å²) in [5.41, 5.74) is 0. The Morgan fingerprint density at radius 3 is 2.50 bits per heavy atom. The van der Waals surface area contributed by atoms with E-state index in [9.17, 15) is 4.79 Å². The van der Waals surface area contributed by atoms with E-state index in [1.54, 1.807) is 0 Å². The molecule has 0 unspecified atom stereocenters. The van der Waals surface area contributed by atoms with Crippen LogP contribution in [0.15, 0.2) is 0 Å². The molecule has 0 saturated heterocycles. The number of hydrogen-bond donors (Lipinski definition) is 1. The number of rotatable bonds is 2. The molecular weight excluding hydrogens is 176 g/mol. The fourth-order valence-electron chi connectivity index (χ4n) is 3.40. The molecule has 0 aromatic carbocycles. The Hall–Kier alpha value is -0.530. The first-order chi connectivity index (χ1) is 6.75. The van der Waals surface area contributed by atoms with Crippen molar-refractivity contribution in [2.24, 2.45) is 17.8 Å². The van der Waals surface area contributed by atoms with Crippen LogP contribution in [0.25, 0.3) is 0 Å². The fourth-order valence-corrected chi connectivity index (χ4v) is 3.40. The standard InChI is InChI=1S/C12H20O2/c13-12(14)8-9-5-6-10-3-1-2-4-11(10)7-9/h9-11H,1-8H2,(H,13,14)/t9-,10+,11+/m0/s1. The van der Waals surface area contributed by atoms with E-state index < -0.39 is 5.97 Å². The van der Waals surface area contributed by atoms with E-state index in [0.29, 0.717) is 12.3 Å². The fraction of sp³-hybridized carbons (Fsp3) is 0.917. The second-order valence-corrected chi connectivity index (χ2v) is 5.08. The van der Waals surface area contributed by atoms with E-state index >= 15 is 0 Å². The summed E-state index contributed by atoms with van der Waals surface area (Å²) in [4.78, 5) is 10.6. The lowest BCUT2D eigenvalue weighted by molar-refractivity contribution is -0.138. The molecule has 0 amide bonds. The molecule has 0 heterocycles. The Morgan fingerprint density at radius 2 is 1.79 bits per heavy atom. The van der Waals surface area contributed by atoms with Crippen LogP contribution in [0.3, 0.4) is 0 Å². The first kappa shape index (κ1) is 10.0. The van der Waals surface area contributed by atoms with Gasteiger partial charge in [-0.1, -0.05) is 25.7 Å². The zero-order chi connectivity index (χ0) is 9.97. The highest BCUT2D eigenvalue weighted by atomic mass is 16.4. The maximum absolute atomic E-state index is 10.6. The van der Waals surface area contributed by atoms with Gasteiger partial charge in [-0.25, -0.2) is 0 Å². The van der Waals surface area contributed by atoms with Gasteiger partial charge in [0, 0.05) is 6.42 Å². The average Bonchev–Trinajstić information content (AvgIpc) is 2.17. The molecular formula is C12H20O2. The molecule has 0 aromatic heterocycles. The third-order valence-corrected chi connectivity index (χ3v) is 4.11. The van der Waals surface area contributed by atoms with Crippen molar-refractivity contribution in [2.75, 3.05) is 0 Å². The number of fused-ring (bicyclic) bond motifs is 1. The molecule has 2 rings (SSSR count). The number of carboxylic acids is 1. The average molecular weight is 196 g/mol. The molecule has 2 heteroatoms. The highest BCUT2D eigenvalue weighted by Gasteiger charge is 2.32. The van der Waals surface area contributed by atoms with Gasteiger partial charge in [0.15, 0.2) is 0 Å². The Labute approximate surface area is 85.7 Å². The predicted molar refractivity (Wildman–Crippen MR) is 55.0 cm³/mol. The van der Waals surface area contributed by atoms with Gasteiger partial charge in [-0.05, 0) is 37.0 Å². The van der Waals surface area contributed by atoms with Crippen molar-refractivity contribution in [3.63, 3.8) is 0 Å². The molecule has 14 heavy (non-hydrogen) atoms. The molecule has 0 aromatic rings. The topological polar surface area (TPSA) is 37.3 Å². The van der Waals surface area contributed by atoms with E-state index in [2.05, 4.69) is 0 Å². The first-order valence-corrected chi connectivity index (χ1v) is 5.97. The van der Waals surface area contributed by atoms with E-state index in [-0.39, 0.29) is 0 Å². The van der Waals surface area contributed by atoms with Crippen LogP contribution in [0.2, 0.25) is 0 Å². The predicted octanol–water partition coefficient (Wildman–Crippen LogP) is 3.07. The highest BCUT2D eigenvalue weighted by Crippen LogP contribution is 2.43. The van der Waals surface area contributed by atoms with Crippen LogP contribution in [-0.4, -0.2) is 11.1 Å². The molecule has 0 aliphatic heterocycles. The van der Waals surface area contributed by atoms with Crippen LogP contribution in [0.4, 0.5) is 0 Å². The van der Waals surface area contributed by atoms with Gasteiger partial charge in [-0.2, -0.15) is 0 Å². The van der Waals surface area contributed by atoms with E-state index in [4.69, 9.17) is 5.11 Å². The van der Waals surface area contributed by atoms with Crippen LogP contribution < -0.4 is 0 Å². The molecule has 2 aliphatic rings. The minimum absolute atomic E-state index is 0.406. The molecule has 2 aliphatic carbocycles. The molecule has 80 valence electrons. The van der Waals surface area contributed by atoms with Gasteiger partial charge < -0.3 is 5.11 Å². The molecule has 0 bridgehead atoms. The summed E-state index contributed by atoms with van der Waals surface area (Å²) >= 11 is 0. The Bertz CT molecular complexity index is 212. The van der Waals surface area contributed by atoms with Crippen molar-refractivity contribution < 1.29 is 9.90 Å². The lowest BCUT2D eigenvalue weighted by Gasteiger charge is -2.38. The first-order valence-electron chi connectivity index (χ1n) is 5.97. The number of hydrogen-bond acceptors (Lipinski definition) is 1. The summed E-state index contributed by atoms with van der Waals surface area (Å²) in [6.07, 6.45) is 9.60. The van der Waals surface area contributed by atoms with Crippen molar-refractivity contribution in [1.82, 2.24) is 0 Å². The summed E-state index contributed by atoms with van der Waals surface area (Å²) in [5.74, 6) is 1.67. The Kier molecular flexibility index (Phi) is 3.09. The molecule has 1 N–H and O–H groups in total. The normalized spacial score (nSPS) is 37.6. The van der Waals surface area contributed by atoms with Crippen LogP contribution in [0, 0.1) is 17.8 Å². The van der Waals surface area contributed by atoms with E-state index in [1.165, 1.54) is 38.5 Å². The van der Waals surface area contributed by atoms with Crippen LogP contribution in [0.5, 0.6) is 0 Å². The molecule has 2 saturated carbocycles. The third kappa shape index (κ3) is 2.28. The highest BCUT2D eigenvalue weighted by molar-refractivity contribution is 5.67. The van der Waals surface area contributed by atoms with Gasteiger partial charge in [0.1, 0.15) is 0 Å². The maximum atomic E-state index is 10.6. The summed E-state index contributed by atoms with van der Waals surface area (Å²) in [7, 11) is 0. The van der Waals surface area contributed by atoms with Crippen molar-refractivity contribution >= 4 is 5.97 Å². The van der Waals surface area contributed by atoms with Crippen molar-refractivity contribution in [2.45, 2.75) is 51.4 Å².